The Morgan fingerprint density at radius 3 is 2.68 bits per heavy atom. The van der Waals surface area contributed by atoms with Crippen LogP contribution in [0.15, 0.2) is 24.3 Å². The van der Waals surface area contributed by atoms with Crippen molar-refractivity contribution in [2.24, 2.45) is 0 Å². The number of rotatable bonds is 7. The van der Waals surface area contributed by atoms with Crippen LogP contribution in [0.5, 0.6) is 5.75 Å². The molecule has 0 aromatic heterocycles. The molecular formula is C18H26O4. The molecule has 4 heteroatoms. The van der Waals surface area contributed by atoms with Gasteiger partial charge in [-0.2, -0.15) is 0 Å². The van der Waals surface area contributed by atoms with Gasteiger partial charge in [-0.15, -0.1) is 0 Å². The van der Waals surface area contributed by atoms with Crippen LogP contribution in [0, 0.1) is 0 Å². The van der Waals surface area contributed by atoms with Crippen molar-refractivity contribution in [3.05, 3.63) is 29.8 Å². The minimum atomic E-state index is -0.190. The Morgan fingerprint density at radius 1 is 1.32 bits per heavy atom. The van der Waals surface area contributed by atoms with E-state index in [0.29, 0.717) is 0 Å². The minimum absolute atomic E-state index is 0.143. The lowest BCUT2D eigenvalue weighted by Crippen LogP contribution is -2.25. The summed E-state index contributed by atoms with van der Waals surface area (Å²) in [5.74, 6) is 0.428. The van der Waals surface area contributed by atoms with Crippen molar-refractivity contribution in [2.75, 3.05) is 13.7 Å². The van der Waals surface area contributed by atoms with Gasteiger partial charge in [0.05, 0.1) is 19.6 Å². The summed E-state index contributed by atoms with van der Waals surface area (Å²) in [6.45, 7) is 2.89. The van der Waals surface area contributed by atoms with E-state index in [1.54, 1.807) is 0 Å². The van der Waals surface area contributed by atoms with Crippen LogP contribution in [-0.4, -0.2) is 26.0 Å². The lowest BCUT2D eigenvalue weighted by Gasteiger charge is -2.23. The maximum absolute atomic E-state index is 11.9. The van der Waals surface area contributed by atoms with E-state index in [2.05, 4.69) is 6.92 Å². The number of ether oxygens (including phenoxy) is 3. The van der Waals surface area contributed by atoms with Crippen molar-refractivity contribution < 1.29 is 19.0 Å². The van der Waals surface area contributed by atoms with Gasteiger partial charge >= 0.3 is 5.97 Å². The molecule has 2 rings (SSSR count). The van der Waals surface area contributed by atoms with Gasteiger partial charge in [0.25, 0.3) is 0 Å². The summed E-state index contributed by atoms with van der Waals surface area (Å²) in [6.07, 6.45) is 5.93. The molecule has 22 heavy (non-hydrogen) atoms. The Kier molecular flexibility index (Phi) is 6.72. The number of carbonyl (C=O) groups excluding carboxylic acids is 1. The van der Waals surface area contributed by atoms with Crippen LogP contribution in [0.2, 0.25) is 0 Å². The van der Waals surface area contributed by atoms with Crippen LogP contribution in [0.1, 0.15) is 56.9 Å². The molecule has 1 heterocycles. The zero-order valence-electron chi connectivity index (χ0n) is 13.5. The highest BCUT2D eigenvalue weighted by atomic mass is 16.7. The number of unbranched alkanes of at least 4 members (excludes halogenated alkanes) is 1. The van der Waals surface area contributed by atoms with E-state index >= 15 is 0 Å². The topological polar surface area (TPSA) is 44.8 Å². The molecule has 1 aromatic rings. The molecule has 0 aliphatic carbocycles. The van der Waals surface area contributed by atoms with Gasteiger partial charge in [-0.3, -0.25) is 4.79 Å². The first kappa shape index (κ1) is 16.8. The fraction of sp³-hybridized carbons (Fsp3) is 0.611. The van der Waals surface area contributed by atoms with Crippen LogP contribution in [0.3, 0.4) is 0 Å². The maximum atomic E-state index is 11.9. The fourth-order valence-corrected chi connectivity index (χ4v) is 2.71. The minimum Gasteiger partial charge on any atom is -0.469 e. The average molecular weight is 306 g/mol. The van der Waals surface area contributed by atoms with Gasteiger partial charge in [0, 0.05) is 6.42 Å². The van der Waals surface area contributed by atoms with E-state index in [4.69, 9.17) is 14.2 Å². The highest BCUT2D eigenvalue weighted by Gasteiger charge is 2.21. The molecule has 0 bridgehead atoms. The maximum Gasteiger partial charge on any atom is 0.313 e. The second-order valence-corrected chi connectivity index (χ2v) is 5.70. The number of hydrogen-bond donors (Lipinski definition) is 0. The second-order valence-electron chi connectivity index (χ2n) is 5.70. The molecule has 2 unspecified atom stereocenters. The zero-order chi connectivity index (χ0) is 15.8. The highest BCUT2D eigenvalue weighted by Crippen LogP contribution is 2.26. The van der Waals surface area contributed by atoms with Gasteiger partial charge in [0.1, 0.15) is 5.75 Å². The third kappa shape index (κ3) is 4.73. The third-order valence-corrected chi connectivity index (χ3v) is 4.02. The summed E-state index contributed by atoms with van der Waals surface area (Å²) in [5, 5.41) is 0. The molecule has 1 aliphatic rings. The Labute approximate surface area is 132 Å². The summed E-state index contributed by atoms with van der Waals surface area (Å²) in [6, 6.07) is 7.73. The summed E-state index contributed by atoms with van der Waals surface area (Å²) < 4.78 is 16.3. The van der Waals surface area contributed by atoms with E-state index in [1.807, 2.05) is 24.3 Å². The van der Waals surface area contributed by atoms with Gasteiger partial charge in [0.15, 0.2) is 6.29 Å². The molecule has 122 valence electrons. The summed E-state index contributed by atoms with van der Waals surface area (Å²) in [4.78, 5) is 11.9. The first-order valence-corrected chi connectivity index (χ1v) is 8.20. The van der Waals surface area contributed by atoms with Gasteiger partial charge in [0.2, 0.25) is 0 Å². The van der Waals surface area contributed by atoms with Crippen molar-refractivity contribution in [1.29, 1.82) is 0 Å². The number of benzene rings is 1. The van der Waals surface area contributed by atoms with Crippen LogP contribution in [-0.2, 0) is 14.3 Å². The summed E-state index contributed by atoms with van der Waals surface area (Å²) in [7, 11) is 1.44. The quantitative estimate of drug-likeness (QED) is 0.713. The molecule has 2 atom stereocenters. The van der Waals surface area contributed by atoms with Crippen molar-refractivity contribution in [1.82, 2.24) is 0 Å². The van der Waals surface area contributed by atoms with Gasteiger partial charge < -0.3 is 14.2 Å². The van der Waals surface area contributed by atoms with Crippen molar-refractivity contribution in [2.45, 2.75) is 57.7 Å². The Bertz CT molecular complexity index is 449. The lowest BCUT2D eigenvalue weighted by molar-refractivity contribution is -0.142. The molecule has 1 fully saturated rings. The molecule has 1 aliphatic heterocycles. The first-order chi connectivity index (χ1) is 10.7. The monoisotopic (exact) mass is 306 g/mol. The summed E-state index contributed by atoms with van der Waals surface area (Å²) >= 11 is 0. The first-order valence-electron chi connectivity index (χ1n) is 8.20. The number of methoxy groups -OCH3 is 1. The van der Waals surface area contributed by atoms with Crippen molar-refractivity contribution in [3.8, 4) is 5.75 Å². The molecule has 0 amide bonds. The number of hydrogen-bond acceptors (Lipinski definition) is 4. The molecular weight excluding hydrogens is 280 g/mol. The molecule has 0 radical (unpaired) electrons. The van der Waals surface area contributed by atoms with Crippen molar-refractivity contribution >= 4 is 5.97 Å². The van der Waals surface area contributed by atoms with Gasteiger partial charge in [-0.05, 0) is 37.0 Å². The predicted molar refractivity (Wildman–Crippen MR) is 84.9 cm³/mol. The molecule has 0 spiro atoms. The van der Waals surface area contributed by atoms with Crippen LogP contribution in [0.25, 0.3) is 0 Å². The largest absolute Gasteiger partial charge is 0.469 e. The van der Waals surface area contributed by atoms with E-state index in [9.17, 15) is 4.79 Å². The molecule has 0 saturated carbocycles. The third-order valence-electron chi connectivity index (χ3n) is 4.02. The van der Waals surface area contributed by atoms with E-state index in [1.165, 1.54) is 7.11 Å². The standard InChI is InChI=1S/C18H26O4/c1-3-4-7-16(18(19)20-2)14-9-11-15(12-10-14)22-17-8-5-6-13-21-17/h9-12,16-17H,3-8,13H2,1-2H3. The SMILES string of the molecule is CCCCC(C(=O)OC)c1ccc(OC2CCCCO2)cc1. The van der Waals surface area contributed by atoms with E-state index in [0.717, 1.165) is 56.4 Å². The Hall–Kier alpha value is -1.55. The van der Waals surface area contributed by atoms with Crippen LogP contribution < -0.4 is 4.74 Å². The normalized spacial score (nSPS) is 19.5. The molecule has 4 nitrogen and oxygen atoms in total. The van der Waals surface area contributed by atoms with Crippen molar-refractivity contribution in [3.63, 3.8) is 0 Å². The predicted octanol–water partition coefficient (Wildman–Crippen LogP) is 4.04. The van der Waals surface area contributed by atoms with Crippen LogP contribution >= 0.6 is 0 Å². The second kappa shape index (κ2) is 8.79. The number of carbonyl (C=O) groups is 1. The molecule has 0 N–H and O–H groups in total. The van der Waals surface area contributed by atoms with E-state index in [-0.39, 0.29) is 18.2 Å². The zero-order valence-corrected chi connectivity index (χ0v) is 13.5. The number of esters is 1. The van der Waals surface area contributed by atoms with Crippen LogP contribution in [0.4, 0.5) is 0 Å². The Balaban J connectivity index is 1.99. The van der Waals surface area contributed by atoms with Gasteiger partial charge in [-0.1, -0.05) is 31.9 Å². The smallest absolute Gasteiger partial charge is 0.313 e. The van der Waals surface area contributed by atoms with E-state index < -0.39 is 0 Å². The average Bonchev–Trinajstić information content (AvgIpc) is 2.57. The lowest BCUT2D eigenvalue weighted by atomic mass is 9.93. The van der Waals surface area contributed by atoms with Gasteiger partial charge in [-0.25, -0.2) is 0 Å². The Morgan fingerprint density at radius 2 is 2.09 bits per heavy atom. The molecule has 1 aromatic carbocycles. The molecule has 1 saturated heterocycles. The fourth-order valence-electron chi connectivity index (χ4n) is 2.71. The highest BCUT2D eigenvalue weighted by molar-refractivity contribution is 5.78. The summed E-state index contributed by atoms with van der Waals surface area (Å²) in [5.41, 5.74) is 0.984.